The molecule has 1 aromatic carbocycles. The lowest BCUT2D eigenvalue weighted by atomic mass is 10.0. The van der Waals surface area contributed by atoms with E-state index in [-0.39, 0.29) is 30.2 Å². The molecule has 0 radical (unpaired) electrons. The molecule has 1 aromatic rings. The molecule has 8 heteroatoms. The van der Waals surface area contributed by atoms with Gasteiger partial charge in [-0.1, -0.05) is 0 Å². The van der Waals surface area contributed by atoms with Gasteiger partial charge in [0.2, 0.25) is 11.8 Å². The fraction of sp³-hybridized carbons (Fsp3) is 0.591. The largest absolute Gasteiger partial charge is 0.489 e. The minimum absolute atomic E-state index is 0.143. The first-order chi connectivity index (χ1) is 14.6. The number of hydrogen-bond donors (Lipinski definition) is 1. The topological polar surface area (TPSA) is 79.0 Å². The molecule has 1 N–H and O–H groups in total. The lowest BCUT2D eigenvalue weighted by molar-refractivity contribution is -0.136. The van der Waals surface area contributed by atoms with E-state index in [0.717, 1.165) is 30.8 Å². The highest BCUT2D eigenvalue weighted by Crippen LogP contribution is 2.33. The molecule has 1 unspecified atom stereocenters. The summed E-state index contributed by atoms with van der Waals surface area (Å²) in [6, 6.07) is 5.55. The molecule has 3 amide bonds. The highest BCUT2D eigenvalue weighted by molar-refractivity contribution is 7.99. The van der Waals surface area contributed by atoms with Crippen molar-refractivity contribution in [3.05, 3.63) is 29.3 Å². The van der Waals surface area contributed by atoms with Gasteiger partial charge in [-0.25, -0.2) is 0 Å². The maximum absolute atomic E-state index is 12.8. The predicted octanol–water partition coefficient (Wildman–Crippen LogP) is 1.80. The second kappa shape index (κ2) is 8.23. The van der Waals surface area contributed by atoms with Gasteiger partial charge in [0.05, 0.1) is 0 Å². The molecule has 160 valence electrons. The van der Waals surface area contributed by atoms with Gasteiger partial charge in [0.1, 0.15) is 17.9 Å². The summed E-state index contributed by atoms with van der Waals surface area (Å²) in [5.41, 5.74) is 1.52. The maximum Gasteiger partial charge on any atom is 0.255 e. The number of nitrogens with zero attached hydrogens (tertiary/aromatic N) is 2. The second-order valence-corrected chi connectivity index (χ2v) is 9.75. The van der Waals surface area contributed by atoms with Gasteiger partial charge >= 0.3 is 0 Å². The predicted molar refractivity (Wildman–Crippen MR) is 113 cm³/mol. The number of amides is 3. The van der Waals surface area contributed by atoms with Gasteiger partial charge < -0.3 is 9.64 Å². The first-order valence-electron chi connectivity index (χ1n) is 10.9. The molecule has 3 heterocycles. The molecular formula is C22H27N3O4S. The van der Waals surface area contributed by atoms with Crippen molar-refractivity contribution in [3.8, 4) is 5.75 Å². The Morgan fingerprint density at radius 1 is 1.07 bits per heavy atom. The van der Waals surface area contributed by atoms with E-state index < -0.39 is 6.04 Å². The van der Waals surface area contributed by atoms with Crippen molar-refractivity contribution >= 4 is 29.5 Å². The monoisotopic (exact) mass is 429 g/mol. The molecule has 0 aromatic heterocycles. The van der Waals surface area contributed by atoms with E-state index in [9.17, 15) is 14.4 Å². The van der Waals surface area contributed by atoms with Crippen LogP contribution in [0.5, 0.6) is 5.75 Å². The van der Waals surface area contributed by atoms with Gasteiger partial charge in [-0.15, -0.1) is 0 Å². The van der Waals surface area contributed by atoms with Crippen LogP contribution in [-0.4, -0.2) is 70.3 Å². The summed E-state index contributed by atoms with van der Waals surface area (Å²) in [6.45, 7) is 2.65. The normalized spacial score (nSPS) is 29.8. The lowest BCUT2D eigenvalue weighted by Gasteiger charge is -2.35. The van der Waals surface area contributed by atoms with Gasteiger partial charge in [0.25, 0.3) is 5.91 Å². The lowest BCUT2D eigenvalue weighted by Crippen LogP contribution is -2.52. The van der Waals surface area contributed by atoms with Crippen molar-refractivity contribution < 1.29 is 19.1 Å². The van der Waals surface area contributed by atoms with Gasteiger partial charge in [-0.3, -0.25) is 24.6 Å². The zero-order chi connectivity index (χ0) is 20.7. The summed E-state index contributed by atoms with van der Waals surface area (Å²) in [5.74, 6) is 2.40. The third-order valence-electron chi connectivity index (χ3n) is 6.71. The minimum atomic E-state index is -0.580. The summed E-state index contributed by atoms with van der Waals surface area (Å²) in [4.78, 5) is 40.7. The summed E-state index contributed by atoms with van der Waals surface area (Å²) in [7, 11) is 0. The van der Waals surface area contributed by atoms with Crippen LogP contribution in [0.4, 0.5) is 0 Å². The zero-order valence-corrected chi connectivity index (χ0v) is 17.8. The molecule has 3 aliphatic heterocycles. The van der Waals surface area contributed by atoms with Crippen LogP contribution >= 0.6 is 11.8 Å². The molecule has 3 fully saturated rings. The zero-order valence-electron chi connectivity index (χ0n) is 17.0. The number of carbonyl (C=O) groups is 3. The van der Waals surface area contributed by atoms with Crippen molar-refractivity contribution in [2.75, 3.05) is 24.6 Å². The van der Waals surface area contributed by atoms with Crippen LogP contribution < -0.4 is 10.1 Å². The molecule has 7 nitrogen and oxygen atoms in total. The van der Waals surface area contributed by atoms with Crippen LogP contribution in [0.3, 0.4) is 0 Å². The Balaban J connectivity index is 1.28. The Hall–Kier alpha value is -2.06. The standard InChI is InChI=1S/C22H27N3O4S/c26-20-7-6-18(21(27)23-20)25-13-14-12-15(4-5-16(14)22(25)28)29-19-3-1-2-17(19)24-8-10-30-11-9-24/h4-5,12,17-19H,1-3,6-11,13H2,(H,23,26,27)/t17-,18?,19-/m1/s1. The van der Waals surface area contributed by atoms with E-state index >= 15 is 0 Å². The maximum atomic E-state index is 12.8. The fourth-order valence-electron chi connectivity index (χ4n) is 5.17. The number of rotatable bonds is 4. The summed E-state index contributed by atoms with van der Waals surface area (Å²) < 4.78 is 6.42. The molecule has 5 rings (SSSR count). The minimum Gasteiger partial charge on any atom is -0.489 e. The highest BCUT2D eigenvalue weighted by atomic mass is 32.2. The smallest absolute Gasteiger partial charge is 0.255 e. The molecule has 1 saturated carbocycles. The summed E-state index contributed by atoms with van der Waals surface area (Å²) >= 11 is 2.02. The highest BCUT2D eigenvalue weighted by Gasteiger charge is 2.39. The molecule has 0 bridgehead atoms. The number of piperidine rings is 1. The van der Waals surface area contributed by atoms with E-state index in [1.54, 1.807) is 4.90 Å². The Morgan fingerprint density at radius 2 is 1.90 bits per heavy atom. The molecule has 0 spiro atoms. The molecule has 1 aliphatic carbocycles. The molecule has 3 atom stereocenters. The van der Waals surface area contributed by atoms with E-state index in [2.05, 4.69) is 10.2 Å². The van der Waals surface area contributed by atoms with E-state index in [4.69, 9.17) is 4.74 Å². The van der Waals surface area contributed by atoms with Crippen molar-refractivity contribution in [1.82, 2.24) is 15.1 Å². The number of thioether (sulfide) groups is 1. The molecule has 2 saturated heterocycles. The van der Waals surface area contributed by atoms with Crippen molar-refractivity contribution in [2.24, 2.45) is 0 Å². The quantitative estimate of drug-likeness (QED) is 0.736. The van der Waals surface area contributed by atoms with Crippen molar-refractivity contribution in [1.29, 1.82) is 0 Å². The van der Waals surface area contributed by atoms with Crippen LogP contribution in [-0.2, 0) is 16.1 Å². The van der Waals surface area contributed by atoms with Gasteiger partial charge in [-0.05, 0) is 49.4 Å². The first-order valence-corrected chi connectivity index (χ1v) is 12.0. The second-order valence-electron chi connectivity index (χ2n) is 8.52. The third-order valence-corrected chi connectivity index (χ3v) is 7.66. The van der Waals surface area contributed by atoms with E-state index in [0.29, 0.717) is 24.6 Å². The number of imide groups is 1. The number of fused-ring (bicyclic) bond motifs is 1. The van der Waals surface area contributed by atoms with Gasteiger partial charge in [0.15, 0.2) is 0 Å². The van der Waals surface area contributed by atoms with Crippen molar-refractivity contribution in [3.63, 3.8) is 0 Å². The van der Waals surface area contributed by atoms with Crippen LogP contribution in [0.1, 0.15) is 48.0 Å². The van der Waals surface area contributed by atoms with Crippen molar-refractivity contribution in [2.45, 2.75) is 56.8 Å². The molecular weight excluding hydrogens is 402 g/mol. The average Bonchev–Trinajstić information content (AvgIpc) is 3.33. The van der Waals surface area contributed by atoms with Crippen LogP contribution in [0.25, 0.3) is 0 Å². The molecule has 30 heavy (non-hydrogen) atoms. The van der Waals surface area contributed by atoms with Crippen LogP contribution in [0, 0.1) is 0 Å². The number of ether oxygens (including phenoxy) is 1. The third kappa shape index (κ3) is 3.71. The number of hydrogen-bond acceptors (Lipinski definition) is 6. The number of benzene rings is 1. The fourth-order valence-corrected chi connectivity index (χ4v) is 6.10. The Morgan fingerprint density at radius 3 is 2.70 bits per heavy atom. The Kier molecular flexibility index (Phi) is 5.45. The van der Waals surface area contributed by atoms with Gasteiger partial charge in [0, 0.05) is 49.2 Å². The van der Waals surface area contributed by atoms with Crippen LogP contribution in [0.2, 0.25) is 0 Å². The summed E-state index contributed by atoms with van der Waals surface area (Å²) in [6.07, 6.45) is 4.27. The molecule has 4 aliphatic rings. The van der Waals surface area contributed by atoms with E-state index in [1.807, 2.05) is 30.0 Å². The number of nitrogens with one attached hydrogen (secondary N) is 1. The summed E-state index contributed by atoms with van der Waals surface area (Å²) in [5, 5.41) is 2.35. The Labute approximate surface area is 180 Å². The number of carbonyl (C=O) groups excluding carboxylic acids is 3. The first kappa shape index (κ1) is 19.9. The Bertz CT molecular complexity index is 870. The van der Waals surface area contributed by atoms with Crippen LogP contribution in [0.15, 0.2) is 18.2 Å². The SMILES string of the molecule is O=C1CCC(N2Cc3cc(O[C@@H]4CCC[C@H]4N4CCSCC4)ccc3C2=O)C(=O)N1. The van der Waals surface area contributed by atoms with E-state index in [1.165, 1.54) is 24.3 Å². The average molecular weight is 430 g/mol. The van der Waals surface area contributed by atoms with Gasteiger partial charge in [-0.2, -0.15) is 11.8 Å².